The number of ether oxygens (including phenoxy) is 1. The van der Waals surface area contributed by atoms with Crippen LogP contribution in [0.25, 0.3) is 0 Å². The zero-order valence-corrected chi connectivity index (χ0v) is 17.1. The molecule has 0 radical (unpaired) electrons. The van der Waals surface area contributed by atoms with E-state index in [1.807, 2.05) is 61.5 Å². The number of aryl methyl sites for hydroxylation is 1. The van der Waals surface area contributed by atoms with E-state index in [1.54, 1.807) is 6.92 Å². The number of amides is 2. The summed E-state index contributed by atoms with van der Waals surface area (Å²) in [6.07, 6.45) is 1.09. The molecule has 1 fully saturated rings. The molecule has 0 aromatic heterocycles. The molecule has 0 saturated carbocycles. The number of para-hydroxylation sites is 1. The molecular formula is C23H29N3O3. The lowest BCUT2D eigenvalue weighted by Gasteiger charge is -2.32. The van der Waals surface area contributed by atoms with Crippen LogP contribution in [0.15, 0.2) is 54.6 Å². The number of hydrogen-bond donors (Lipinski definition) is 2. The molecule has 0 bridgehead atoms. The van der Waals surface area contributed by atoms with E-state index in [-0.39, 0.29) is 17.9 Å². The Kier molecular flexibility index (Phi) is 7.25. The van der Waals surface area contributed by atoms with Crippen molar-refractivity contribution in [1.82, 2.24) is 10.2 Å². The summed E-state index contributed by atoms with van der Waals surface area (Å²) >= 11 is 0. The van der Waals surface area contributed by atoms with Crippen LogP contribution in [0.3, 0.4) is 0 Å². The highest BCUT2D eigenvalue weighted by Gasteiger charge is 2.24. The SMILES string of the molecule is Cc1cccc(OC(C)C(=O)NC2CCN(CC(=O)Nc3ccccc3)CC2)c1. The zero-order valence-electron chi connectivity index (χ0n) is 17.1. The smallest absolute Gasteiger partial charge is 0.260 e. The van der Waals surface area contributed by atoms with Gasteiger partial charge in [-0.2, -0.15) is 0 Å². The average Bonchev–Trinajstić information content (AvgIpc) is 2.70. The Labute approximate surface area is 172 Å². The van der Waals surface area contributed by atoms with E-state index in [9.17, 15) is 9.59 Å². The van der Waals surface area contributed by atoms with Crippen molar-refractivity contribution in [3.63, 3.8) is 0 Å². The molecule has 2 aromatic rings. The first-order chi connectivity index (χ1) is 14.0. The summed E-state index contributed by atoms with van der Waals surface area (Å²) in [4.78, 5) is 26.8. The third kappa shape index (κ3) is 6.61. The molecule has 1 unspecified atom stereocenters. The molecule has 0 aliphatic carbocycles. The van der Waals surface area contributed by atoms with Crippen molar-refractivity contribution in [2.45, 2.75) is 38.8 Å². The van der Waals surface area contributed by atoms with Gasteiger partial charge < -0.3 is 15.4 Å². The highest BCUT2D eigenvalue weighted by atomic mass is 16.5. The Hall–Kier alpha value is -2.86. The van der Waals surface area contributed by atoms with Crippen molar-refractivity contribution in [2.24, 2.45) is 0 Å². The zero-order chi connectivity index (χ0) is 20.6. The van der Waals surface area contributed by atoms with E-state index in [4.69, 9.17) is 4.74 Å². The third-order valence-corrected chi connectivity index (χ3v) is 5.03. The van der Waals surface area contributed by atoms with Gasteiger partial charge in [0.15, 0.2) is 6.10 Å². The summed E-state index contributed by atoms with van der Waals surface area (Å²) < 4.78 is 5.75. The number of carbonyl (C=O) groups excluding carboxylic acids is 2. The number of carbonyl (C=O) groups is 2. The fraction of sp³-hybridized carbons (Fsp3) is 0.391. The van der Waals surface area contributed by atoms with E-state index in [1.165, 1.54) is 0 Å². The van der Waals surface area contributed by atoms with Gasteiger partial charge in [-0.15, -0.1) is 0 Å². The summed E-state index contributed by atoms with van der Waals surface area (Å²) in [7, 11) is 0. The van der Waals surface area contributed by atoms with E-state index in [0.29, 0.717) is 12.3 Å². The fourth-order valence-electron chi connectivity index (χ4n) is 3.43. The molecule has 2 N–H and O–H groups in total. The number of nitrogens with one attached hydrogen (secondary N) is 2. The minimum absolute atomic E-state index is 0.0149. The Morgan fingerprint density at radius 1 is 1.10 bits per heavy atom. The molecule has 0 spiro atoms. The number of nitrogens with zero attached hydrogens (tertiary/aromatic N) is 1. The van der Waals surface area contributed by atoms with Crippen molar-refractivity contribution in [3.8, 4) is 5.75 Å². The van der Waals surface area contributed by atoms with E-state index >= 15 is 0 Å². The van der Waals surface area contributed by atoms with Gasteiger partial charge in [0.1, 0.15) is 5.75 Å². The maximum atomic E-state index is 12.4. The summed E-state index contributed by atoms with van der Waals surface area (Å²) in [5.41, 5.74) is 1.90. The van der Waals surface area contributed by atoms with Crippen molar-refractivity contribution in [3.05, 3.63) is 60.2 Å². The van der Waals surface area contributed by atoms with Gasteiger partial charge in [0.2, 0.25) is 5.91 Å². The fourth-order valence-corrected chi connectivity index (χ4v) is 3.43. The van der Waals surface area contributed by atoms with Crippen molar-refractivity contribution in [1.29, 1.82) is 0 Å². The van der Waals surface area contributed by atoms with Gasteiger partial charge >= 0.3 is 0 Å². The van der Waals surface area contributed by atoms with Gasteiger partial charge in [-0.3, -0.25) is 14.5 Å². The van der Waals surface area contributed by atoms with Crippen LogP contribution in [-0.4, -0.2) is 48.5 Å². The first-order valence-corrected chi connectivity index (χ1v) is 10.1. The second-order valence-electron chi connectivity index (χ2n) is 7.55. The minimum Gasteiger partial charge on any atom is -0.481 e. The first kappa shape index (κ1) is 20.9. The predicted molar refractivity (Wildman–Crippen MR) is 114 cm³/mol. The van der Waals surface area contributed by atoms with Crippen LogP contribution in [0.5, 0.6) is 5.75 Å². The summed E-state index contributed by atoms with van der Waals surface area (Å²) in [6.45, 7) is 5.68. The van der Waals surface area contributed by atoms with Gasteiger partial charge in [0.25, 0.3) is 5.91 Å². The molecule has 154 valence electrons. The number of rotatable bonds is 7. The molecule has 6 nitrogen and oxygen atoms in total. The number of piperidine rings is 1. The van der Waals surface area contributed by atoms with Gasteiger partial charge in [0.05, 0.1) is 6.54 Å². The molecular weight excluding hydrogens is 366 g/mol. The van der Waals surface area contributed by atoms with Crippen LogP contribution in [0, 0.1) is 6.92 Å². The molecule has 2 amide bonds. The van der Waals surface area contributed by atoms with Crippen LogP contribution < -0.4 is 15.4 Å². The molecule has 1 aliphatic rings. The van der Waals surface area contributed by atoms with Crippen molar-refractivity contribution >= 4 is 17.5 Å². The summed E-state index contributed by atoms with van der Waals surface area (Å²) in [6, 6.07) is 17.3. The number of hydrogen-bond acceptors (Lipinski definition) is 4. The molecule has 1 atom stereocenters. The number of anilines is 1. The van der Waals surface area contributed by atoms with Crippen LogP contribution in [0.1, 0.15) is 25.3 Å². The van der Waals surface area contributed by atoms with E-state index in [2.05, 4.69) is 15.5 Å². The minimum atomic E-state index is -0.550. The second kappa shape index (κ2) is 10.1. The molecule has 6 heteroatoms. The van der Waals surface area contributed by atoms with Gasteiger partial charge in [-0.05, 0) is 56.5 Å². The Balaban J connectivity index is 1.38. The Morgan fingerprint density at radius 3 is 2.52 bits per heavy atom. The van der Waals surface area contributed by atoms with E-state index < -0.39 is 6.10 Å². The molecule has 1 aliphatic heterocycles. The van der Waals surface area contributed by atoms with Crippen LogP contribution >= 0.6 is 0 Å². The Morgan fingerprint density at radius 2 is 1.83 bits per heavy atom. The molecule has 29 heavy (non-hydrogen) atoms. The number of likely N-dealkylation sites (tertiary alicyclic amines) is 1. The maximum absolute atomic E-state index is 12.4. The lowest BCUT2D eigenvalue weighted by Crippen LogP contribution is -2.49. The highest BCUT2D eigenvalue weighted by molar-refractivity contribution is 5.92. The summed E-state index contributed by atoms with van der Waals surface area (Å²) in [5, 5.41) is 5.98. The first-order valence-electron chi connectivity index (χ1n) is 10.1. The van der Waals surface area contributed by atoms with E-state index in [0.717, 1.165) is 37.2 Å². The average molecular weight is 396 g/mol. The van der Waals surface area contributed by atoms with Crippen molar-refractivity contribution in [2.75, 3.05) is 25.0 Å². The quantitative estimate of drug-likeness (QED) is 0.756. The predicted octanol–water partition coefficient (Wildman–Crippen LogP) is 2.98. The van der Waals surface area contributed by atoms with Gasteiger partial charge in [-0.25, -0.2) is 0 Å². The summed E-state index contributed by atoms with van der Waals surface area (Å²) in [5.74, 6) is 0.581. The lowest BCUT2D eigenvalue weighted by molar-refractivity contribution is -0.128. The highest BCUT2D eigenvalue weighted by Crippen LogP contribution is 2.15. The monoisotopic (exact) mass is 395 g/mol. The lowest BCUT2D eigenvalue weighted by atomic mass is 10.0. The topological polar surface area (TPSA) is 70.7 Å². The normalized spacial score (nSPS) is 16.1. The standard InChI is InChI=1S/C23H29N3O3/c1-17-7-6-10-21(15-17)29-18(2)23(28)25-20-11-13-26(14-12-20)16-22(27)24-19-8-4-3-5-9-19/h3-10,15,18,20H,11-14,16H2,1-2H3,(H,24,27)(H,25,28). The van der Waals surface area contributed by atoms with Crippen LogP contribution in [-0.2, 0) is 9.59 Å². The maximum Gasteiger partial charge on any atom is 0.260 e. The largest absolute Gasteiger partial charge is 0.481 e. The second-order valence-corrected chi connectivity index (χ2v) is 7.55. The number of benzene rings is 2. The molecule has 2 aromatic carbocycles. The molecule has 3 rings (SSSR count). The molecule has 1 saturated heterocycles. The van der Waals surface area contributed by atoms with Gasteiger partial charge in [0, 0.05) is 24.8 Å². The van der Waals surface area contributed by atoms with Crippen molar-refractivity contribution < 1.29 is 14.3 Å². The Bertz CT molecular complexity index is 817. The van der Waals surface area contributed by atoms with Crippen LogP contribution in [0.2, 0.25) is 0 Å². The third-order valence-electron chi connectivity index (χ3n) is 5.03. The van der Waals surface area contributed by atoms with Gasteiger partial charge in [-0.1, -0.05) is 30.3 Å². The molecule has 1 heterocycles. The van der Waals surface area contributed by atoms with Crippen LogP contribution in [0.4, 0.5) is 5.69 Å².